The van der Waals surface area contributed by atoms with Gasteiger partial charge in [0.1, 0.15) is 0 Å². The fourth-order valence-corrected chi connectivity index (χ4v) is 3.56. The predicted molar refractivity (Wildman–Crippen MR) is 128 cm³/mol. The average molecular weight is 392 g/mol. The summed E-state index contributed by atoms with van der Waals surface area (Å²) in [4.78, 5) is 0. The molecule has 0 aliphatic rings. The van der Waals surface area contributed by atoms with Crippen LogP contribution in [0, 0.1) is 0 Å². The lowest BCUT2D eigenvalue weighted by molar-refractivity contribution is 0.427. The summed E-state index contributed by atoms with van der Waals surface area (Å²) in [5, 5.41) is 21.7. The molecule has 0 aliphatic carbocycles. The molecule has 0 fully saturated rings. The Morgan fingerprint density at radius 1 is 0.767 bits per heavy atom. The maximum atomic E-state index is 10.1. The van der Waals surface area contributed by atoms with Crippen LogP contribution >= 0.6 is 0 Å². The minimum absolute atomic E-state index is 0.381. The zero-order valence-electron chi connectivity index (χ0n) is 17.0. The maximum Gasteiger partial charge on any atom is 0.489 e. The van der Waals surface area contributed by atoms with E-state index in [9.17, 15) is 10.0 Å². The van der Waals surface area contributed by atoms with Crippen molar-refractivity contribution in [3.05, 3.63) is 131 Å². The van der Waals surface area contributed by atoms with Crippen LogP contribution in [-0.4, -0.2) is 17.2 Å². The largest absolute Gasteiger partial charge is 0.489 e. The van der Waals surface area contributed by atoms with Gasteiger partial charge in [-0.3, -0.25) is 0 Å². The van der Waals surface area contributed by atoms with Crippen LogP contribution in [0.3, 0.4) is 0 Å². The second kappa shape index (κ2) is 9.88. The number of allylic oxidation sites excluding steroid dienone is 4. The van der Waals surface area contributed by atoms with Gasteiger partial charge in [-0.15, -0.1) is 0 Å². The second-order valence-corrected chi connectivity index (χ2v) is 7.03. The summed E-state index contributed by atoms with van der Waals surface area (Å²) in [6.07, 6.45) is 3.99. The molecule has 0 atom stereocenters. The van der Waals surface area contributed by atoms with Crippen LogP contribution in [0.4, 0.5) is 0 Å². The highest BCUT2D eigenvalue weighted by atomic mass is 16.4. The van der Waals surface area contributed by atoms with E-state index < -0.39 is 7.12 Å². The molecule has 0 spiro atoms. The first kappa shape index (κ1) is 21.3. The highest BCUT2D eigenvalue weighted by Crippen LogP contribution is 2.24. The summed E-state index contributed by atoms with van der Waals surface area (Å²) >= 11 is 0. The van der Waals surface area contributed by atoms with Crippen molar-refractivity contribution in [3.8, 4) is 11.1 Å². The van der Waals surface area contributed by atoms with E-state index in [-0.39, 0.29) is 0 Å². The van der Waals surface area contributed by atoms with Crippen molar-refractivity contribution in [2.24, 2.45) is 0 Å². The zero-order valence-corrected chi connectivity index (χ0v) is 17.0. The minimum Gasteiger partial charge on any atom is -0.423 e. The Hall–Kier alpha value is -3.40. The lowest BCUT2D eigenvalue weighted by Gasteiger charge is -2.14. The van der Waals surface area contributed by atoms with Crippen LogP contribution in [0.2, 0.25) is 0 Å². The predicted octanol–water partition coefficient (Wildman–Crippen LogP) is 3.84. The first-order chi connectivity index (χ1) is 14.5. The lowest BCUT2D eigenvalue weighted by Crippen LogP contribution is -2.33. The number of rotatable bonds is 7. The zero-order chi connectivity index (χ0) is 21.5. The van der Waals surface area contributed by atoms with E-state index in [1.54, 1.807) is 12.2 Å². The van der Waals surface area contributed by atoms with E-state index in [1.165, 1.54) is 5.56 Å². The first-order valence-electron chi connectivity index (χ1n) is 9.82. The summed E-state index contributed by atoms with van der Waals surface area (Å²) in [5.74, 6) is 0. The average Bonchev–Trinajstić information content (AvgIpc) is 2.77. The molecule has 3 heteroatoms. The Morgan fingerprint density at radius 3 is 1.93 bits per heavy atom. The molecule has 0 aliphatic heterocycles. The van der Waals surface area contributed by atoms with Crippen molar-refractivity contribution in [1.82, 2.24) is 0 Å². The van der Waals surface area contributed by atoms with E-state index >= 15 is 0 Å². The second-order valence-electron chi connectivity index (χ2n) is 7.03. The van der Waals surface area contributed by atoms with E-state index in [2.05, 4.69) is 56.1 Å². The molecule has 3 aromatic rings. The quantitative estimate of drug-likeness (QED) is 0.474. The summed E-state index contributed by atoms with van der Waals surface area (Å²) in [6, 6.07) is 26.0. The van der Waals surface area contributed by atoms with E-state index in [0.717, 1.165) is 21.9 Å². The molecule has 3 aromatic carbocycles. The number of hydrogen-bond acceptors (Lipinski definition) is 2. The summed E-state index contributed by atoms with van der Waals surface area (Å²) in [5.41, 5.74) is 5.31. The molecule has 0 radical (unpaired) electrons. The molecular formula is C27H25BO2. The van der Waals surface area contributed by atoms with Crippen LogP contribution in [0.15, 0.2) is 115 Å². The molecule has 3 rings (SSSR count). The fourth-order valence-electron chi connectivity index (χ4n) is 3.56. The number of benzene rings is 3. The summed E-state index contributed by atoms with van der Waals surface area (Å²) in [6.45, 7) is 11.9. The van der Waals surface area contributed by atoms with Gasteiger partial charge < -0.3 is 10.0 Å². The Morgan fingerprint density at radius 2 is 1.37 bits per heavy atom. The molecule has 0 aromatic heterocycles. The lowest BCUT2D eigenvalue weighted by atomic mass is 9.71. The molecule has 2 nitrogen and oxygen atoms in total. The minimum atomic E-state index is -1.66. The van der Waals surface area contributed by atoms with E-state index in [1.807, 2.05) is 42.5 Å². The maximum absolute atomic E-state index is 10.1. The molecule has 0 unspecified atom stereocenters. The van der Waals surface area contributed by atoms with E-state index in [0.29, 0.717) is 22.7 Å². The highest BCUT2D eigenvalue weighted by Gasteiger charge is 2.21. The van der Waals surface area contributed by atoms with Gasteiger partial charge in [-0.25, -0.2) is 0 Å². The van der Waals surface area contributed by atoms with Gasteiger partial charge in [0, 0.05) is 0 Å². The Bertz CT molecular complexity index is 1170. The smallest absolute Gasteiger partial charge is 0.423 e. The molecule has 2 N–H and O–H groups in total. The van der Waals surface area contributed by atoms with Gasteiger partial charge in [0.15, 0.2) is 0 Å². The van der Waals surface area contributed by atoms with Gasteiger partial charge in [-0.05, 0) is 50.2 Å². The highest BCUT2D eigenvalue weighted by molar-refractivity contribution is 6.65. The third kappa shape index (κ3) is 4.77. The topological polar surface area (TPSA) is 40.5 Å². The van der Waals surface area contributed by atoms with Gasteiger partial charge in [0.05, 0.1) is 0 Å². The van der Waals surface area contributed by atoms with Gasteiger partial charge in [0.2, 0.25) is 0 Å². The standard InChI is InChI=1S/C27H25BO2/c1-4-22(19-21-15-17-24(18-16-21)23-12-7-6-8-13-23)25(5-2)27(28(29)30)26-14-10-9-11-20(26)3/h4-18,29-30H,1-3,19H2/b25-22-,27-26+. The normalized spacial score (nSPS) is 12.6. The van der Waals surface area contributed by atoms with Crippen molar-refractivity contribution in [2.45, 2.75) is 6.42 Å². The van der Waals surface area contributed by atoms with Crippen molar-refractivity contribution in [1.29, 1.82) is 0 Å². The third-order valence-corrected chi connectivity index (χ3v) is 5.11. The first-order valence-corrected chi connectivity index (χ1v) is 9.82. The van der Waals surface area contributed by atoms with Crippen molar-refractivity contribution < 1.29 is 10.0 Å². The van der Waals surface area contributed by atoms with Crippen LogP contribution in [0.25, 0.3) is 23.2 Å². The molecule has 0 saturated heterocycles. The van der Waals surface area contributed by atoms with Crippen molar-refractivity contribution >= 4 is 19.2 Å². The SMILES string of the molecule is C=C/C(Cc1ccc(-c2ccccc2)cc1)=C(C=C)/C(B(O)O)=c1/ccccc1=C. The van der Waals surface area contributed by atoms with Gasteiger partial charge in [-0.2, -0.15) is 0 Å². The Kier molecular flexibility index (Phi) is 7.02. The molecule has 148 valence electrons. The Labute approximate surface area is 178 Å². The van der Waals surface area contributed by atoms with Gasteiger partial charge in [0.25, 0.3) is 0 Å². The molecule has 0 saturated carbocycles. The van der Waals surface area contributed by atoms with Crippen LogP contribution < -0.4 is 10.4 Å². The van der Waals surface area contributed by atoms with Crippen LogP contribution in [0.5, 0.6) is 0 Å². The third-order valence-electron chi connectivity index (χ3n) is 5.11. The van der Waals surface area contributed by atoms with Crippen LogP contribution in [-0.2, 0) is 6.42 Å². The summed E-state index contributed by atoms with van der Waals surface area (Å²) < 4.78 is 0. The molecule has 0 heterocycles. The molecule has 30 heavy (non-hydrogen) atoms. The molecule has 0 amide bonds. The van der Waals surface area contributed by atoms with Crippen molar-refractivity contribution in [3.63, 3.8) is 0 Å². The Balaban J connectivity index is 2.05. The molecule has 0 bridgehead atoms. The number of hydrogen-bond donors (Lipinski definition) is 2. The molecular weight excluding hydrogens is 367 g/mol. The monoisotopic (exact) mass is 392 g/mol. The van der Waals surface area contributed by atoms with E-state index in [4.69, 9.17) is 0 Å². The van der Waals surface area contributed by atoms with Crippen LogP contribution in [0.1, 0.15) is 5.56 Å². The van der Waals surface area contributed by atoms with Gasteiger partial charge in [-0.1, -0.05) is 111 Å². The van der Waals surface area contributed by atoms with Gasteiger partial charge >= 0.3 is 7.12 Å². The summed E-state index contributed by atoms with van der Waals surface area (Å²) in [7, 11) is -1.66. The van der Waals surface area contributed by atoms with Crippen molar-refractivity contribution in [2.75, 3.05) is 0 Å². The fraction of sp³-hybridized carbons (Fsp3) is 0.0370.